The Hall–Kier alpha value is 0.1000. The Morgan fingerprint density at radius 1 is 1.12 bits per heavy atom. The molecule has 0 fully saturated rings. The predicted molar refractivity (Wildman–Crippen MR) is 71.2 cm³/mol. The molecule has 3 nitrogen and oxygen atoms in total. The summed E-state index contributed by atoms with van der Waals surface area (Å²) in [6.07, 6.45) is 0.758. The number of hydrogen-bond acceptors (Lipinski definition) is 3. The van der Waals surface area contributed by atoms with Gasteiger partial charge < -0.3 is 4.90 Å². The molecule has 0 aromatic carbocycles. The van der Waals surface area contributed by atoms with Gasteiger partial charge in [0, 0.05) is 13.0 Å². The molecule has 0 N–H and O–H groups in total. The molecule has 1 rings (SSSR count). The molecule has 0 saturated carbocycles. The van der Waals surface area contributed by atoms with E-state index in [1.807, 2.05) is 0 Å². The molecule has 0 aliphatic heterocycles. The summed E-state index contributed by atoms with van der Waals surface area (Å²) in [5, 5.41) is 0.740. The highest BCUT2D eigenvalue weighted by molar-refractivity contribution is 9.10. The lowest BCUT2D eigenvalue weighted by Crippen LogP contribution is -2.25. The first kappa shape index (κ1) is 14.2. The maximum atomic E-state index is 5.91. The Kier molecular flexibility index (Phi) is 5.97. The molecule has 1 aromatic heterocycles. The summed E-state index contributed by atoms with van der Waals surface area (Å²) in [4.78, 5) is 10.6. The smallest absolute Gasteiger partial charge is 0.148 e. The number of rotatable bonds is 5. The zero-order chi connectivity index (χ0) is 12.1. The summed E-state index contributed by atoms with van der Waals surface area (Å²) in [6, 6.07) is 0. The van der Waals surface area contributed by atoms with Gasteiger partial charge in [-0.1, -0.05) is 37.0 Å². The molecule has 0 unspecified atom stereocenters. The van der Waals surface area contributed by atoms with Gasteiger partial charge in [0.05, 0.1) is 4.47 Å². The molecule has 0 bridgehead atoms. The van der Waals surface area contributed by atoms with Crippen molar-refractivity contribution in [1.82, 2.24) is 14.9 Å². The molecule has 1 aromatic rings. The molecule has 90 valence electrons. The normalized spacial score (nSPS) is 11.1. The summed E-state index contributed by atoms with van der Waals surface area (Å²) in [7, 11) is 0. The van der Waals surface area contributed by atoms with Crippen LogP contribution < -0.4 is 0 Å². The maximum Gasteiger partial charge on any atom is 0.148 e. The van der Waals surface area contributed by atoms with Gasteiger partial charge >= 0.3 is 0 Å². The maximum absolute atomic E-state index is 5.91. The van der Waals surface area contributed by atoms with Gasteiger partial charge in [0.15, 0.2) is 0 Å². The van der Waals surface area contributed by atoms with Crippen LogP contribution in [0, 0.1) is 0 Å². The van der Waals surface area contributed by atoms with Gasteiger partial charge in [0.2, 0.25) is 0 Å². The van der Waals surface area contributed by atoms with E-state index in [0.29, 0.717) is 20.6 Å². The van der Waals surface area contributed by atoms with Crippen LogP contribution in [0.1, 0.15) is 19.7 Å². The van der Waals surface area contributed by atoms with Crippen molar-refractivity contribution in [1.29, 1.82) is 0 Å². The molecule has 0 amide bonds. The van der Waals surface area contributed by atoms with Crippen LogP contribution in [-0.2, 0) is 6.42 Å². The van der Waals surface area contributed by atoms with E-state index in [2.05, 4.69) is 44.6 Å². The van der Waals surface area contributed by atoms with E-state index in [-0.39, 0.29) is 0 Å². The Labute approximate surface area is 114 Å². The second kappa shape index (κ2) is 6.74. The fourth-order valence-corrected chi connectivity index (χ4v) is 1.94. The average Bonchev–Trinajstić information content (AvgIpc) is 2.27. The minimum atomic E-state index is 0.370. The van der Waals surface area contributed by atoms with Crippen LogP contribution in [0.15, 0.2) is 4.47 Å². The zero-order valence-electron chi connectivity index (χ0n) is 9.30. The first-order valence-electron chi connectivity index (χ1n) is 5.18. The van der Waals surface area contributed by atoms with Crippen LogP contribution >= 0.6 is 39.1 Å². The van der Waals surface area contributed by atoms with Gasteiger partial charge in [-0.15, -0.1) is 0 Å². The summed E-state index contributed by atoms with van der Waals surface area (Å²) >= 11 is 15.0. The SMILES string of the molecule is CCN(CC)CCc1nc(Cl)c(Br)c(Cl)n1. The number of hydrogen-bond donors (Lipinski definition) is 0. The second-order valence-electron chi connectivity index (χ2n) is 3.31. The van der Waals surface area contributed by atoms with E-state index in [0.717, 1.165) is 26.1 Å². The van der Waals surface area contributed by atoms with Gasteiger partial charge in [-0.2, -0.15) is 0 Å². The number of likely N-dealkylation sites (N-methyl/N-ethyl adjacent to an activating group) is 1. The molecule has 0 saturated heterocycles. The third-order valence-electron chi connectivity index (χ3n) is 2.36. The van der Waals surface area contributed by atoms with Gasteiger partial charge in [-0.05, 0) is 29.0 Å². The summed E-state index contributed by atoms with van der Waals surface area (Å²) < 4.78 is 0.558. The first-order chi connectivity index (χ1) is 7.58. The van der Waals surface area contributed by atoms with E-state index >= 15 is 0 Å². The van der Waals surface area contributed by atoms with Crippen LogP contribution in [0.3, 0.4) is 0 Å². The molecular formula is C10H14BrCl2N3. The van der Waals surface area contributed by atoms with Gasteiger partial charge in [-0.25, -0.2) is 9.97 Å². The van der Waals surface area contributed by atoms with E-state index in [9.17, 15) is 0 Å². The molecule has 0 aliphatic rings. The van der Waals surface area contributed by atoms with Crippen molar-refractivity contribution < 1.29 is 0 Å². The van der Waals surface area contributed by atoms with Crippen LogP contribution in [0.2, 0.25) is 10.3 Å². The number of aromatic nitrogens is 2. The van der Waals surface area contributed by atoms with Crippen molar-refractivity contribution in [2.75, 3.05) is 19.6 Å². The summed E-state index contributed by atoms with van der Waals surface area (Å²) in [6.45, 7) is 7.22. The molecule has 6 heteroatoms. The topological polar surface area (TPSA) is 29.0 Å². The van der Waals surface area contributed by atoms with Crippen molar-refractivity contribution in [3.63, 3.8) is 0 Å². The molecule has 0 aliphatic carbocycles. The van der Waals surface area contributed by atoms with Crippen molar-refractivity contribution in [3.05, 3.63) is 20.6 Å². The van der Waals surface area contributed by atoms with Crippen molar-refractivity contribution in [2.45, 2.75) is 20.3 Å². The minimum Gasteiger partial charge on any atom is -0.303 e. The Morgan fingerprint density at radius 3 is 2.06 bits per heavy atom. The predicted octanol–water partition coefficient (Wildman–Crippen LogP) is 3.43. The number of nitrogens with zero attached hydrogens (tertiary/aromatic N) is 3. The van der Waals surface area contributed by atoms with Gasteiger partial charge in [0.1, 0.15) is 16.1 Å². The van der Waals surface area contributed by atoms with Crippen molar-refractivity contribution in [3.8, 4) is 0 Å². The third-order valence-corrected chi connectivity index (χ3v) is 4.12. The lowest BCUT2D eigenvalue weighted by molar-refractivity contribution is 0.305. The molecular weight excluding hydrogens is 313 g/mol. The Morgan fingerprint density at radius 2 is 1.62 bits per heavy atom. The molecule has 16 heavy (non-hydrogen) atoms. The quantitative estimate of drug-likeness (QED) is 0.776. The molecule has 1 heterocycles. The largest absolute Gasteiger partial charge is 0.303 e. The standard InChI is InChI=1S/C10H14BrCl2N3/c1-3-16(4-2)6-5-7-14-9(12)8(11)10(13)15-7/h3-6H2,1-2H3. The van der Waals surface area contributed by atoms with Crippen LogP contribution in [0.4, 0.5) is 0 Å². The monoisotopic (exact) mass is 325 g/mol. The van der Waals surface area contributed by atoms with E-state index in [4.69, 9.17) is 23.2 Å². The van der Waals surface area contributed by atoms with Crippen LogP contribution in [0.25, 0.3) is 0 Å². The highest BCUT2D eigenvalue weighted by Gasteiger charge is 2.09. The zero-order valence-corrected chi connectivity index (χ0v) is 12.4. The lowest BCUT2D eigenvalue weighted by atomic mass is 10.3. The summed E-state index contributed by atoms with van der Waals surface area (Å²) in [5.41, 5.74) is 0. The van der Waals surface area contributed by atoms with E-state index < -0.39 is 0 Å². The van der Waals surface area contributed by atoms with Crippen molar-refractivity contribution >= 4 is 39.1 Å². The highest BCUT2D eigenvalue weighted by atomic mass is 79.9. The number of halogens is 3. The van der Waals surface area contributed by atoms with Gasteiger partial charge in [-0.3, -0.25) is 0 Å². The molecule has 0 radical (unpaired) electrons. The Bertz CT molecular complexity index is 333. The first-order valence-corrected chi connectivity index (χ1v) is 6.73. The fourth-order valence-electron chi connectivity index (χ4n) is 1.34. The fraction of sp³-hybridized carbons (Fsp3) is 0.600. The van der Waals surface area contributed by atoms with Crippen LogP contribution in [-0.4, -0.2) is 34.5 Å². The minimum absolute atomic E-state index is 0.370. The van der Waals surface area contributed by atoms with Crippen LogP contribution in [0.5, 0.6) is 0 Å². The molecule has 0 atom stereocenters. The van der Waals surface area contributed by atoms with Gasteiger partial charge in [0.25, 0.3) is 0 Å². The second-order valence-corrected chi connectivity index (χ2v) is 4.82. The highest BCUT2D eigenvalue weighted by Crippen LogP contribution is 2.26. The Balaban J connectivity index is 2.68. The van der Waals surface area contributed by atoms with E-state index in [1.54, 1.807) is 0 Å². The van der Waals surface area contributed by atoms with E-state index in [1.165, 1.54) is 0 Å². The van der Waals surface area contributed by atoms with Crippen molar-refractivity contribution in [2.24, 2.45) is 0 Å². The molecule has 0 spiro atoms. The average molecular weight is 327 g/mol. The lowest BCUT2D eigenvalue weighted by Gasteiger charge is -2.17. The summed E-state index contributed by atoms with van der Waals surface area (Å²) in [5.74, 6) is 0.685. The third kappa shape index (κ3) is 3.84.